The average Bonchev–Trinajstić information content (AvgIpc) is 3.24. The van der Waals surface area contributed by atoms with Gasteiger partial charge in [0.25, 0.3) is 5.56 Å². The quantitative estimate of drug-likeness (QED) is 0.374. The van der Waals surface area contributed by atoms with Crippen LogP contribution in [0.4, 0.5) is 0 Å². The minimum Gasteiger partial charge on any atom is -0.494 e. The fourth-order valence-electron chi connectivity index (χ4n) is 2.77. The summed E-state index contributed by atoms with van der Waals surface area (Å²) in [5.74, 6) is 1.35. The Morgan fingerprint density at radius 2 is 1.79 bits per heavy atom. The lowest BCUT2D eigenvalue weighted by molar-refractivity contribution is -0.131. The highest BCUT2D eigenvalue weighted by Gasteiger charge is 2.12. The number of hydrogen-bond acceptors (Lipinski definition) is 7. The van der Waals surface area contributed by atoms with Crippen molar-refractivity contribution in [3.63, 3.8) is 0 Å². The van der Waals surface area contributed by atoms with Crippen LogP contribution >= 0.6 is 11.3 Å². The normalized spacial score (nSPS) is 11.7. The van der Waals surface area contributed by atoms with Gasteiger partial charge in [0.05, 0.1) is 11.1 Å². The van der Waals surface area contributed by atoms with Gasteiger partial charge in [-0.1, -0.05) is 23.5 Å². The van der Waals surface area contributed by atoms with E-state index in [1.807, 2.05) is 31.2 Å². The van der Waals surface area contributed by atoms with Crippen LogP contribution < -0.4 is 19.6 Å². The zero-order valence-corrected chi connectivity index (χ0v) is 16.6. The van der Waals surface area contributed by atoms with E-state index in [9.17, 15) is 9.59 Å². The van der Waals surface area contributed by atoms with Crippen LogP contribution in [0.3, 0.4) is 0 Å². The van der Waals surface area contributed by atoms with E-state index in [1.165, 1.54) is 22.8 Å². The van der Waals surface area contributed by atoms with Crippen molar-refractivity contribution in [2.75, 3.05) is 6.61 Å². The molecule has 0 saturated carbocycles. The molecule has 2 aromatic carbocycles. The maximum absolute atomic E-state index is 12.7. The Kier molecular flexibility index (Phi) is 5.09. The van der Waals surface area contributed by atoms with Crippen LogP contribution in [0.25, 0.3) is 22.4 Å². The van der Waals surface area contributed by atoms with Gasteiger partial charge in [-0.15, -0.1) is 5.10 Å². The van der Waals surface area contributed by atoms with Gasteiger partial charge in [0.15, 0.2) is 5.82 Å². The van der Waals surface area contributed by atoms with Crippen molar-refractivity contribution in [1.29, 1.82) is 0 Å². The standard InChI is InChI=1S/C21H17N3O4S/c1-3-27-16-10-6-15(7-11-16)19-22-21-24(23-19)20(26)18(29-21)12-14-4-8-17(9-5-14)28-13(2)25/h4-12H,3H2,1-2H3. The van der Waals surface area contributed by atoms with Crippen LogP contribution in [0.1, 0.15) is 19.4 Å². The monoisotopic (exact) mass is 407 g/mol. The maximum atomic E-state index is 12.7. The molecular formula is C21H17N3O4S. The summed E-state index contributed by atoms with van der Waals surface area (Å²) in [5, 5.41) is 4.35. The van der Waals surface area contributed by atoms with E-state index in [1.54, 1.807) is 30.3 Å². The van der Waals surface area contributed by atoms with Gasteiger partial charge >= 0.3 is 5.97 Å². The molecule has 0 aliphatic rings. The van der Waals surface area contributed by atoms with Gasteiger partial charge in [0, 0.05) is 12.5 Å². The first kappa shape index (κ1) is 18.8. The van der Waals surface area contributed by atoms with Crippen LogP contribution in [-0.4, -0.2) is 27.2 Å². The number of fused-ring (bicyclic) bond motifs is 1. The van der Waals surface area contributed by atoms with E-state index in [0.717, 1.165) is 16.9 Å². The van der Waals surface area contributed by atoms with Gasteiger partial charge in [0.2, 0.25) is 4.96 Å². The molecule has 0 radical (unpaired) electrons. The van der Waals surface area contributed by atoms with E-state index in [4.69, 9.17) is 9.47 Å². The largest absolute Gasteiger partial charge is 0.494 e. The molecule has 0 unspecified atom stereocenters. The highest BCUT2D eigenvalue weighted by Crippen LogP contribution is 2.20. The first-order chi connectivity index (χ1) is 14.0. The topological polar surface area (TPSA) is 82.8 Å². The van der Waals surface area contributed by atoms with Gasteiger partial charge in [-0.3, -0.25) is 9.59 Å². The Morgan fingerprint density at radius 3 is 2.41 bits per heavy atom. The highest BCUT2D eigenvalue weighted by atomic mass is 32.1. The molecule has 0 atom stereocenters. The number of carbonyl (C=O) groups excluding carboxylic acids is 1. The predicted octanol–water partition coefficient (Wildman–Crippen LogP) is 2.69. The Morgan fingerprint density at radius 1 is 1.10 bits per heavy atom. The molecule has 0 spiro atoms. The van der Waals surface area contributed by atoms with Crippen molar-refractivity contribution in [1.82, 2.24) is 14.6 Å². The summed E-state index contributed by atoms with van der Waals surface area (Å²) >= 11 is 1.27. The molecule has 2 heterocycles. The summed E-state index contributed by atoms with van der Waals surface area (Å²) < 4.78 is 12.3. The van der Waals surface area contributed by atoms with Crippen molar-refractivity contribution >= 4 is 28.3 Å². The van der Waals surface area contributed by atoms with E-state index in [0.29, 0.717) is 27.7 Å². The summed E-state index contributed by atoms with van der Waals surface area (Å²) in [6.07, 6.45) is 1.76. The van der Waals surface area contributed by atoms with Crippen LogP contribution in [0.5, 0.6) is 11.5 Å². The number of thiazole rings is 1. The maximum Gasteiger partial charge on any atom is 0.308 e. The second kappa shape index (κ2) is 7.84. The van der Waals surface area contributed by atoms with Crippen molar-refractivity contribution < 1.29 is 14.3 Å². The van der Waals surface area contributed by atoms with E-state index >= 15 is 0 Å². The molecule has 146 valence electrons. The van der Waals surface area contributed by atoms with Gasteiger partial charge in [-0.25, -0.2) is 0 Å². The zero-order valence-electron chi connectivity index (χ0n) is 15.8. The van der Waals surface area contributed by atoms with Crippen molar-refractivity contribution in [2.45, 2.75) is 13.8 Å². The third-order valence-corrected chi connectivity index (χ3v) is 5.00. The molecule has 0 aliphatic carbocycles. The SMILES string of the molecule is CCOc1ccc(-c2nc3sc(=Cc4ccc(OC(C)=O)cc4)c(=O)n3n2)cc1. The number of carbonyl (C=O) groups is 1. The smallest absolute Gasteiger partial charge is 0.308 e. The fraction of sp³-hybridized carbons (Fsp3) is 0.143. The number of hydrogen-bond donors (Lipinski definition) is 0. The molecule has 4 rings (SSSR count). The Hall–Kier alpha value is -3.52. The van der Waals surface area contributed by atoms with Crippen LogP contribution in [0, 0.1) is 0 Å². The summed E-state index contributed by atoms with van der Waals surface area (Å²) in [5.41, 5.74) is 1.41. The summed E-state index contributed by atoms with van der Waals surface area (Å²) in [6.45, 7) is 3.88. The van der Waals surface area contributed by atoms with Gasteiger partial charge < -0.3 is 9.47 Å². The molecule has 0 saturated heterocycles. The first-order valence-electron chi connectivity index (χ1n) is 8.96. The zero-order chi connectivity index (χ0) is 20.4. The van der Waals surface area contributed by atoms with E-state index in [-0.39, 0.29) is 11.5 Å². The van der Waals surface area contributed by atoms with Crippen molar-refractivity contribution in [3.05, 3.63) is 69.0 Å². The average molecular weight is 407 g/mol. The molecule has 29 heavy (non-hydrogen) atoms. The number of ether oxygens (including phenoxy) is 2. The third kappa shape index (κ3) is 4.02. The predicted molar refractivity (Wildman–Crippen MR) is 110 cm³/mol. The summed E-state index contributed by atoms with van der Waals surface area (Å²) in [6, 6.07) is 14.4. The van der Waals surface area contributed by atoms with E-state index in [2.05, 4.69) is 10.1 Å². The van der Waals surface area contributed by atoms with Crippen molar-refractivity contribution in [3.8, 4) is 22.9 Å². The minimum atomic E-state index is -0.377. The molecule has 2 aromatic heterocycles. The Balaban J connectivity index is 1.63. The van der Waals surface area contributed by atoms with Gasteiger partial charge in [0.1, 0.15) is 11.5 Å². The number of esters is 1. The fourth-order valence-corrected chi connectivity index (χ4v) is 3.68. The molecule has 8 heteroatoms. The number of benzene rings is 2. The summed E-state index contributed by atoms with van der Waals surface area (Å²) in [7, 11) is 0. The van der Waals surface area contributed by atoms with Crippen LogP contribution in [0.2, 0.25) is 0 Å². The number of rotatable bonds is 5. The Bertz CT molecular complexity index is 1270. The first-order valence-corrected chi connectivity index (χ1v) is 9.78. The van der Waals surface area contributed by atoms with Gasteiger partial charge in [-0.05, 0) is 55.0 Å². The lowest BCUT2D eigenvalue weighted by atomic mass is 10.2. The van der Waals surface area contributed by atoms with Crippen LogP contribution in [0.15, 0.2) is 53.3 Å². The Labute approximate surface area is 169 Å². The lowest BCUT2D eigenvalue weighted by Crippen LogP contribution is -2.23. The lowest BCUT2D eigenvalue weighted by Gasteiger charge is -2.02. The molecule has 0 N–H and O–H groups in total. The molecular weight excluding hydrogens is 390 g/mol. The van der Waals surface area contributed by atoms with Crippen molar-refractivity contribution in [2.24, 2.45) is 0 Å². The molecule has 0 fully saturated rings. The van der Waals surface area contributed by atoms with Gasteiger partial charge in [-0.2, -0.15) is 9.50 Å². The number of aromatic nitrogens is 3. The van der Waals surface area contributed by atoms with E-state index < -0.39 is 0 Å². The second-order valence-electron chi connectivity index (χ2n) is 6.17. The highest BCUT2D eigenvalue weighted by molar-refractivity contribution is 7.15. The molecule has 7 nitrogen and oxygen atoms in total. The second-order valence-corrected chi connectivity index (χ2v) is 7.17. The van der Waals surface area contributed by atoms with Crippen LogP contribution in [-0.2, 0) is 4.79 Å². The summed E-state index contributed by atoms with van der Waals surface area (Å²) in [4.78, 5) is 28.7. The third-order valence-electron chi connectivity index (χ3n) is 4.04. The molecule has 4 aromatic rings. The molecule has 0 amide bonds. The molecule has 0 bridgehead atoms. The minimum absolute atomic E-state index is 0.223. The molecule has 0 aliphatic heterocycles. The number of nitrogens with zero attached hydrogens (tertiary/aromatic N) is 3.